The number of aliphatic hydroxyl groups excluding tert-OH is 4. The predicted octanol–water partition coefficient (Wildman–Crippen LogP) is -1.73. The molecular formula is C24H42O14. The van der Waals surface area contributed by atoms with Gasteiger partial charge in [0.1, 0.15) is 11.7 Å². The van der Waals surface area contributed by atoms with Gasteiger partial charge in [-0.2, -0.15) is 0 Å². The molecule has 14 nitrogen and oxygen atoms in total. The molecule has 14 heteroatoms. The van der Waals surface area contributed by atoms with Gasteiger partial charge in [0, 0.05) is 44.3 Å². The van der Waals surface area contributed by atoms with Gasteiger partial charge in [0.25, 0.3) is 11.6 Å². The third-order valence-electron chi connectivity index (χ3n) is 8.31. The van der Waals surface area contributed by atoms with Crippen molar-refractivity contribution in [3.8, 4) is 0 Å². The van der Waals surface area contributed by atoms with Gasteiger partial charge >= 0.3 is 11.9 Å². The minimum atomic E-state index is -2.69. The third-order valence-corrected chi connectivity index (χ3v) is 8.31. The summed E-state index contributed by atoms with van der Waals surface area (Å²) in [6, 6.07) is 0. The lowest BCUT2D eigenvalue weighted by atomic mass is 9.75. The van der Waals surface area contributed by atoms with Crippen LogP contribution in [0.5, 0.6) is 0 Å². The van der Waals surface area contributed by atoms with Crippen molar-refractivity contribution >= 4 is 11.9 Å². The molecule has 222 valence electrons. The molecule has 2 fully saturated rings. The van der Waals surface area contributed by atoms with Crippen molar-refractivity contribution in [2.45, 2.75) is 101 Å². The van der Waals surface area contributed by atoms with Crippen LogP contribution in [0.4, 0.5) is 0 Å². The molecule has 0 aromatic carbocycles. The second kappa shape index (κ2) is 11.6. The van der Waals surface area contributed by atoms with Crippen LogP contribution in [-0.4, -0.2) is 126 Å². The number of aliphatic hydroxyl groups is 6. The first kappa shape index (κ1) is 32.8. The van der Waals surface area contributed by atoms with E-state index in [9.17, 15) is 50.4 Å². The molecule has 0 aliphatic carbocycles. The fourth-order valence-corrected chi connectivity index (χ4v) is 5.19. The van der Waals surface area contributed by atoms with Gasteiger partial charge in [0.05, 0.1) is 36.6 Å². The normalized spacial score (nSPS) is 40.9. The summed E-state index contributed by atoms with van der Waals surface area (Å²) >= 11 is 0. The Morgan fingerprint density at radius 1 is 0.895 bits per heavy atom. The van der Waals surface area contributed by atoms with Crippen LogP contribution >= 0.6 is 0 Å². The van der Waals surface area contributed by atoms with E-state index in [0.717, 1.165) is 14.0 Å². The first-order valence-corrected chi connectivity index (χ1v) is 12.4. The maximum absolute atomic E-state index is 12.5. The second-order valence-electron chi connectivity index (χ2n) is 11.0. The second-order valence-corrected chi connectivity index (χ2v) is 11.0. The van der Waals surface area contributed by atoms with Crippen molar-refractivity contribution in [1.82, 2.24) is 0 Å². The van der Waals surface area contributed by atoms with Crippen LogP contribution in [0.1, 0.15) is 47.5 Å². The average molecular weight is 555 g/mol. The molecule has 2 aliphatic heterocycles. The SMILES string of the molecule is CO[C@]1(C(=O)O)C[C@H](O)[C@@H](C)C(C(C)(O)C(CO)O[C@]2(C(=O)O)C[C@H](O)[C@@H](C)C(C(C)(O)C(C)CO)O2)O1. The molecule has 0 saturated carbocycles. The molecule has 38 heavy (non-hydrogen) atoms. The van der Waals surface area contributed by atoms with E-state index >= 15 is 0 Å². The standard InChI is InChI=1S/C24H42O14/c1-11(9-25)21(4,33)17-12(2)15(28)8-24(38-17,20(31)32)36-16(10-26)22(5,34)18-13(3)14(27)7-23(35-6,37-18)19(29)30/h11-18,25-28,33-34H,7-10H2,1-6H3,(H,29,30)(H,31,32)/t11?,12-,13-,14+,15+,16?,17?,18?,21?,22?,23-,24-/m1/s1. The highest BCUT2D eigenvalue weighted by Crippen LogP contribution is 2.44. The third kappa shape index (κ3) is 5.70. The van der Waals surface area contributed by atoms with Crippen LogP contribution in [0.25, 0.3) is 0 Å². The number of carbonyl (C=O) groups is 2. The first-order valence-electron chi connectivity index (χ1n) is 12.4. The molecule has 12 atom stereocenters. The van der Waals surface area contributed by atoms with Gasteiger partial charge in [-0.1, -0.05) is 20.8 Å². The first-order chi connectivity index (χ1) is 17.4. The number of methoxy groups -OCH3 is 1. The fraction of sp³-hybridized carbons (Fsp3) is 0.917. The Hall–Kier alpha value is -1.46. The van der Waals surface area contributed by atoms with E-state index in [4.69, 9.17) is 18.9 Å². The highest BCUT2D eigenvalue weighted by atomic mass is 16.7. The molecule has 2 heterocycles. The number of rotatable bonds is 11. The average Bonchev–Trinajstić information content (AvgIpc) is 2.84. The van der Waals surface area contributed by atoms with Crippen molar-refractivity contribution in [2.24, 2.45) is 17.8 Å². The Labute approximate surface area is 220 Å². The number of ether oxygens (including phenoxy) is 4. The van der Waals surface area contributed by atoms with E-state index in [0.29, 0.717) is 0 Å². The van der Waals surface area contributed by atoms with E-state index in [2.05, 4.69) is 0 Å². The van der Waals surface area contributed by atoms with E-state index in [1.165, 1.54) is 27.7 Å². The highest BCUT2D eigenvalue weighted by molar-refractivity contribution is 5.76. The Morgan fingerprint density at radius 3 is 1.71 bits per heavy atom. The largest absolute Gasteiger partial charge is 0.477 e. The lowest BCUT2D eigenvalue weighted by Gasteiger charge is -2.53. The summed E-state index contributed by atoms with van der Waals surface area (Å²) in [5.41, 5.74) is -4.17. The zero-order valence-corrected chi connectivity index (χ0v) is 22.5. The molecule has 2 aliphatic rings. The van der Waals surface area contributed by atoms with Crippen LogP contribution in [0.2, 0.25) is 0 Å². The summed E-state index contributed by atoms with van der Waals surface area (Å²) in [4.78, 5) is 24.4. The predicted molar refractivity (Wildman–Crippen MR) is 127 cm³/mol. The molecule has 0 aromatic heterocycles. The topological polar surface area (TPSA) is 233 Å². The highest BCUT2D eigenvalue weighted by Gasteiger charge is 2.62. The van der Waals surface area contributed by atoms with E-state index < -0.39 is 109 Å². The van der Waals surface area contributed by atoms with Crippen LogP contribution in [0.3, 0.4) is 0 Å². The van der Waals surface area contributed by atoms with Gasteiger partial charge in [-0.3, -0.25) is 0 Å². The van der Waals surface area contributed by atoms with Gasteiger partial charge in [-0.05, 0) is 13.8 Å². The number of carboxylic acid groups (broad SMARTS) is 2. The van der Waals surface area contributed by atoms with Crippen LogP contribution in [-0.2, 0) is 28.5 Å². The summed E-state index contributed by atoms with van der Waals surface area (Å²) in [6.07, 6.45) is -8.58. The van der Waals surface area contributed by atoms with Crippen LogP contribution in [0, 0.1) is 17.8 Å². The minimum absolute atomic E-state index is 0.469. The van der Waals surface area contributed by atoms with Gasteiger partial charge in [0.2, 0.25) is 0 Å². The monoisotopic (exact) mass is 554 g/mol. The molecule has 0 bridgehead atoms. The molecule has 2 rings (SSSR count). The molecular weight excluding hydrogens is 512 g/mol. The number of hydrogen-bond acceptors (Lipinski definition) is 12. The summed E-state index contributed by atoms with van der Waals surface area (Å²) in [6.45, 7) is 5.41. The zero-order chi connectivity index (χ0) is 29.4. The molecule has 8 N–H and O–H groups in total. The summed E-state index contributed by atoms with van der Waals surface area (Å²) in [5.74, 6) is -10.9. The van der Waals surface area contributed by atoms with Crippen molar-refractivity contribution in [1.29, 1.82) is 0 Å². The number of hydrogen-bond donors (Lipinski definition) is 8. The van der Waals surface area contributed by atoms with Gasteiger partial charge in [-0.15, -0.1) is 0 Å². The van der Waals surface area contributed by atoms with Crippen molar-refractivity contribution < 1.29 is 69.4 Å². The number of carboxylic acids is 2. The summed E-state index contributed by atoms with van der Waals surface area (Å²) in [7, 11) is 1.04. The molecule has 2 saturated heterocycles. The van der Waals surface area contributed by atoms with E-state index in [-0.39, 0.29) is 0 Å². The van der Waals surface area contributed by atoms with Crippen LogP contribution in [0.15, 0.2) is 0 Å². The maximum Gasteiger partial charge on any atom is 0.364 e. The van der Waals surface area contributed by atoms with Gasteiger partial charge in [-0.25, -0.2) is 9.59 Å². The van der Waals surface area contributed by atoms with Crippen molar-refractivity contribution in [3.63, 3.8) is 0 Å². The lowest BCUT2D eigenvalue weighted by Crippen LogP contribution is -2.69. The van der Waals surface area contributed by atoms with Crippen molar-refractivity contribution in [2.75, 3.05) is 20.3 Å². The molecule has 0 spiro atoms. The smallest absolute Gasteiger partial charge is 0.364 e. The Morgan fingerprint density at radius 2 is 1.32 bits per heavy atom. The van der Waals surface area contributed by atoms with Crippen LogP contribution < -0.4 is 0 Å². The van der Waals surface area contributed by atoms with E-state index in [1.807, 2.05) is 0 Å². The molecule has 0 amide bonds. The zero-order valence-electron chi connectivity index (χ0n) is 22.5. The lowest BCUT2D eigenvalue weighted by molar-refractivity contribution is -0.369. The maximum atomic E-state index is 12.5. The Bertz CT molecular complexity index is 848. The van der Waals surface area contributed by atoms with E-state index in [1.54, 1.807) is 0 Å². The molecule has 6 unspecified atom stereocenters. The summed E-state index contributed by atoms with van der Waals surface area (Å²) < 4.78 is 22.1. The quantitative estimate of drug-likeness (QED) is 0.142. The fourth-order valence-electron chi connectivity index (χ4n) is 5.19. The van der Waals surface area contributed by atoms with Gasteiger partial charge < -0.3 is 59.8 Å². The Kier molecular flexibility index (Phi) is 9.97. The Balaban J connectivity index is 2.50. The number of aliphatic carboxylic acids is 2. The van der Waals surface area contributed by atoms with Gasteiger partial charge in [0.15, 0.2) is 0 Å². The minimum Gasteiger partial charge on any atom is -0.477 e. The molecule has 0 aromatic rings. The van der Waals surface area contributed by atoms with Crippen molar-refractivity contribution in [3.05, 3.63) is 0 Å². The molecule has 0 radical (unpaired) electrons. The summed E-state index contributed by atoms with van der Waals surface area (Å²) in [5, 5.41) is 83.6.